The Bertz CT molecular complexity index is 590. The van der Waals surface area contributed by atoms with E-state index in [-0.39, 0.29) is 0 Å². The van der Waals surface area contributed by atoms with E-state index in [2.05, 4.69) is 24.8 Å². The zero-order chi connectivity index (χ0) is 14.8. The van der Waals surface area contributed by atoms with Crippen molar-refractivity contribution in [2.45, 2.75) is 6.92 Å². The molecule has 1 saturated heterocycles. The first-order chi connectivity index (χ1) is 10.1. The molecule has 0 amide bonds. The van der Waals surface area contributed by atoms with Crippen molar-refractivity contribution in [3.63, 3.8) is 0 Å². The fraction of sp³-hybridized carbons (Fsp3) is 0.500. The summed E-state index contributed by atoms with van der Waals surface area (Å²) in [5.41, 5.74) is 1.01. The predicted molar refractivity (Wildman–Crippen MR) is 87.6 cm³/mol. The summed E-state index contributed by atoms with van der Waals surface area (Å²) in [6.45, 7) is 5.79. The van der Waals surface area contributed by atoms with Gasteiger partial charge in [0.2, 0.25) is 5.95 Å². The molecule has 2 aromatic heterocycles. The minimum Gasteiger partial charge on any atom is -0.363 e. The Morgan fingerprint density at radius 1 is 1.10 bits per heavy atom. The molecule has 0 saturated carbocycles. The van der Waals surface area contributed by atoms with Gasteiger partial charge >= 0.3 is 0 Å². The second kappa shape index (κ2) is 5.85. The first-order valence-electron chi connectivity index (χ1n) is 7.06. The Hall–Kier alpha value is -1.89. The van der Waals surface area contributed by atoms with Gasteiger partial charge in [0.05, 0.1) is 0 Å². The van der Waals surface area contributed by atoms with Crippen molar-refractivity contribution in [2.24, 2.45) is 0 Å². The molecule has 0 aromatic carbocycles. The summed E-state index contributed by atoms with van der Waals surface area (Å²) in [6, 6.07) is 2.01. The minimum absolute atomic E-state index is 0.831. The van der Waals surface area contributed by atoms with Crippen LogP contribution in [0.25, 0.3) is 0 Å². The maximum Gasteiger partial charge on any atom is 0.227 e. The third-order valence-corrected chi connectivity index (χ3v) is 4.37. The summed E-state index contributed by atoms with van der Waals surface area (Å²) in [7, 11) is 4.01. The lowest BCUT2D eigenvalue weighted by Crippen LogP contribution is -2.47. The minimum atomic E-state index is 0.831. The molecule has 112 valence electrons. The summed E-state index contributed by atoms with van der Waals surface area (Å²) in [5.74, 6) is 1.79. The lowest BCUT2D eigenvalue weighted by molar-refractivity contribution is 0.637. The summed E-state index contributed by atoms with van der Waals surface area (Å²) >= 11 is 1.69. The van der Waals surface area contributed by atoms with Crippen LogP contribution in [0.15, 0.2) is 17.6 Å². The van der Waals surface area contributed by atoms with Crippen LogP contribution in [0.1, 0.15) is 5.69 Å². The highest BCUT2D eigenvalue weighted by Gasteiger charge is 2.21. The molecule has 0 N–H and O–H groups in total. The molecule has 0 unspecified atom stereocenters. The lowest BCUT2D eigenvalue weighted by atomic mass is 10.3. The molecule has 6 nitrogen and oxygen atoms in total. The van der Waals surface area contributed by atoms with Gasteiger partial charge in [0.15, 0.2) is 5.13 Å². The summed E-state index contributed by atoms with van der Waals surface area (Å²) in [4.78, 5) is 20.2. The Morgan fingerprint density at radius 2 is 1.81 bits per heavy atom. The van der Waals surface area contributed by atoms with E-state index in [0.717, 1.165) is 48.8 Å². The van der Waals surface area contributed by atoms with E-state index in [1.165, 1.54) is 0 Å². The van der Waals surface area contributed by atoms with Crippen molar-refractivity contribution in [3.05, 3.63) is 23.3 Å². The molecule has 1 aliphatic heterocycles. The van der Waals surface area contributed by atoms with Crippen LogP contribution >= 0.6 is 11.3 Å². The summed E-state index contributed by atoms with van der Waals surface area (Å²) in [6.07, 6.45) is 1.86. The van der Waals surface area contributed by atoms with Gasteiger partial charge in [0, 0.05) is 63.6 Å². The summed E-state index contributed by atoms with van der Waals surface area (Å²) < 4.78 is 0. The van der Waals surface area contributed by atoms with E-state index >= 15 is 0 Å². The van der Waals surface area contributed by atoms with Gasteiger partial charge in [-0.3, -0.25) is 0 Å². The first kappa shape index (κ1) is 14.1. The van der Waals surface area contributed by atoms with Crippen LogP contribution in [0, 0.1) is 6.92 Å². The van der Waals surface area contributed by atoms with Gasteiger partial charge in [-0.05, 0) is 6.92 Å². The Labute approximate surface area is 129 Å². The van der Waals surface area contributed by atoms with Crippen molar-refractivity contribution >= 4 is 28.2 Å². The molecule has 1 fully saturated rings. The summed E-state index contributed by atoms with van der Waals surface area (Å²) in [5, 5.41) is 3.13. The van der Waals surface area contributed by atoms with Gasteiger partial charge in [0.1, 0.15) is 5.82 Å². The van der Waals surface area contributed by atoms with Crippen LogP contribution in [-0.2, 0) is 0 Å². The van der Waals surface area contributed by atoms with Crippen molar-refractivity contribution in [1.29, 1.82) is 0 Å². The Morgan fingerprint density at radius 3 is 2.43 bits per heavy atom. The zero-order valence-electron chi connectivity index (χ0n) is 12.7. The van der Waals surface area contributed by atoms with Gasteiger partial charge in [-0.1, -0.05) is 0 Å². The maximum atomic E-state index is 4.65. The van der Waals surface area contributed by atoms with E-state index < -0.39 is 0 Å². The van der Waals surface area contributed by atoms with Crippen molar-refractivity contribution in [1.82, 2.24) is 15.0 Å². The number of aryl methyl sites for hydroxylation is 1. The van der Waals surface area contributed by atoms with Crippen LogP contribution in [0.2, 0.25) is 0 Å². The van der Waals surface area contributed by atoms with E-state index in [4.69, 9.17) is 0 Å². The highest BCUT2D eigenvalue weighted by atomic mass is 32.1. The number of anilines is 3. The molecule has 7 heteroatoms. The Kier molecular flexibility index (Phi) is 3.92. The highest BCUT2D eigenvalue weighted by Crippen LogP contribution is 2.21. The molecular formula is C14H20N6S. The number of piperazine rings is 1. The molecule has 3 heterocycles. The molecule has 2 aromatic rings. The molecule has 0 bridgehead atoms. The molecule has 1 aliphatic rings. The monoisotopic (exact) mass is 304 g/mol. The van der Waals surface area contributed by atoms with E-state index in [1.54, 1.807) is 11.3 Å². The fourth-order valence-electron chi connectivity index (χ4n) is 2.38. The fourth-order valence-corrected chi connectivity index (χ4v) is 3.07. The van der Waals surface area contributed by atoms with Gasteiger partial charge in [-0.15, -0.1) is 11.3 Å². The normalized spacial score (nSPS) is 15.4. The second-order valence-corrected chi connectivity index (χ2v) is 6.22. The molecule has 0 aliphatic carbocycles. The molecular weight excluding hydrogens is 284 g/mol. The molecule has 0 spiro atoms. The largest absolute Gasteiger partial charge is 0.363 e. The maximum absolute atomic E-state index is 4.65. The number of rotatable bonds is 3. The third kappa shape index (κ3) is 3.07. The quantitative estimate of drug-likeness (QED) is 0.859. The van der Waals surface area contributed by atoms with E-state index in [9.17, 15) is 0 Å². The Balaban J connectivity index is 1.72. The van der Waals surface area contributed by atoms with Crippen LogP contribution in [-0.4, -0.2) is 55.2 Å². The van der Waals surface area contributed by atoms with Gasteiger partial charge in [0.25, 0.3) is 0 Å². The highest BCUT2D eigenvalue weighted by molar-refractivity contribution is 7.13. The number of nitrogens with zero attached hydrogens (tertiary/aromatic N) is 6. The molecule has 21 heavy (non-hydrogen) atoms. The SMILES string of the molecule is Cc1cc(N(C)C)nc(N2CCN(c3nccs3)CC2)n1. The van der Waals surface area contributed by atoms with Crippen molar-refractivity contribution in [3.8, 4) is 0 Å². The lowest BCUT2D eigenvalue weighted by Gasteiger charge is -2.34. The molecule has 0 radical (unpaired) electrons. The number of thiazole rings is 1. The topological polar surface area (TPSA) is 48.4 Å². The molecule has 3 rings (SSSR count). The number of hydrogen-bond acceptors (Lipinski definition) is 7. The standard InChI is InChI=1S/C14H20N6S/c1-11-10-12(18(2)3)17-13(16-11)19-5-7-20(8-6-19)14-15-4-9-21-14/h4,9-10H,5-8H2,1-3H3. The van der Waals surface area contributed by atoms with Crippen LogP contribution in [0.4, 0.5) is 16.9 Å². The number of hydrogen-bond donors (Lipinski definition) is 0. The van der Waals surface area contributed by atoms with Crippen molar-refractivity contribution in [2.75, 3.05) is 55.0 Å². The van der Waals surface area contributed by atoms with Crippen LogP contribution < -0.4 is 14.7 Å². The smallest absolute Gasteiger partial charge is 0.227 e. The van der Waals surface area contributed by atoms with Gasteiger partial charge in [-0.25, -0.2) is 9.97 Å². The second-order valence-electron chi connectivity index (χ2n) is 5.35. The average Bonchev–Trinajstić information content (AvgIpc) is 3.01. The average molecular weight is 304 g/mol. The first-order valence-corrected chi connectivity index (χ1v) is 7.94. The third-order valence-electron chi connectivity index (χ3n) is 3.54. The van der Waals surface area contributed by atoms with Crippen LogP contribution in [0.3, 0.4) is 0 Å². The molecule has 0 atom stereocenters. The van der Waals surface area contributed by atoms with Crippen molar-refractivity contribution < 1.29 is 0 Å². The zero-order valence-corrected chi connectivity index (χ0v) is 13.5. The van der Waals surface area contributed by atoms with E-state index in [1.807, 2.05) is 43.6 Å². The van der Waals surface area contributed by atoms with E-state index in [0.29, 0.717) is 0 Å². The predicted octanol–water partition coefficient (Wildman–Crippen LogP) is 1.63. The van der Waals surface area contributed by atoms with Crippen LogP contribution in [0.5, 0.6) is 0 Å². The van der Waals surface area contributed by atoms with Gasteiger partial charge in [-0.2, -0.15) is 4.98 Å². The van der Waals surface area contributed by atoms with Gasteiger partial charge < -0.3 is 14.7 Å². The number of aromatic nitrogens is 3.